The van der Waals surface area contributed by atoms with Crippen molar-refractivity contribution in [2.75, 3.05) is 18.5 Å². The molecular formula is C19H22ClF3NO5P. The summed E-state index contributed by atoms with van der Waals surface area (Å²) in [6.07, 6.45) is -4.23. The highest BCUT2D eigenvalue weighted by atomic mass is 35.5. The van der Waals surface area contributed by atoms with Gasteiger partial charge >= 0.3 is 13.7 Å². The molecule has 0 spiro atoms. The van der Waals surface area contributed by atoms with Crippen LogP contribution in [-0.4, -0.2) is 30.1 Å². The molecular weight excluding hydrogens is 446 g/mol. The number of aromatic hydroxyl groups is 1. The van der Waals surface area contributed by atoms with Crippen molar-refractivity contribution in [1.82, 2.24) is 0 Å². The lowest BCUT2D eigenvalue weighted by molar-refractivity contribution is -0.199. The summed E-state index contributed by atoms with van der Waals surface area (Å²) >= 11 is 4.82. The van der Waals surface area contributed by atoms with Crippen LogP contribution in [-0.2, 0) is 13.6 Å². The molecule has 0 saturated heterocycles. The van der Waals surface area contributed by atoms with Crippen LogP contribution in [0.2, 0.25) is 0 Å². The number of benzene rings is 2. The molecule has 0 aliphatic rings. The normalized spacial score (nSPS) is 14.2. The summed E-state index contributed by atoms with van der Waals surface area (Å²) in [6, 6.07) is 11.1. The van der Waals surface area contributed by atoms with Crippen molar-refractivity contribution in [1.29, 1.82) is 0 Å². The molecule has 2 aromatic rings. The summed E-state index contributed by atoms with van der Waals surface area (Å²) in [7, 11) is -3.77. The predicted molar refractivity (Wildman–Crippen MR) is 108 cm³/mol. The lowest BCUT2D eigenvalue weighted by Gasteiger charge is -2.28. The Kier molecular flexibility index (Phi) is 8.43. The zero-order valence-corrected chi connectivity index (χ0v) is 17.9. The summed E-state index contributed by atoms with van der Waals surface area (Å²) in [5.41, 5.74) is -2.35. The molecule has 0 fully saturated rings. The predicted octanol–water partition coefficient (Wildman–Crippen LogP) is 6.28. The zero-order valence-electron chi connectivity index (χ0n) is 16.2. The van der Waals surface area contributed by atoms with E-state index >= 15 is 0 Å². The molecule has 166 valence electrons. The summed E-state index contributed by atoms with van der Waals surface area (Å²) < 4.78 is 68.4. The van der Waals surface area contributed by atoms with Gasteiger partial charge in [-0.05, 0) is 43.7 Å². The molecule has 6 nitrogen and oxygen atoms in total. The van der Waals surface area contributed by atoms with Crippen molar-refractivity contribution in [3.63, 3.8) is 0 Å². The second-order valence-electron chi connectivity index (χ2n) is 6.01. The average molecular weight is 468 g/mol. The van der Waals surface area contributed by atoms with Crippen LogP contribution in [0.3, 0.4) is 0 Å². The van der Waals surface area contributed by atoms with Crippen LogP contribution in [0.25, 0.3) is 0 Å². The van der Waals surface area contributed by atoms with Gasteiger partial charge in [0.1, 0.15) is 11.5 Å². The summed E-state index contributed by atoms with van der Waals surface area (Å²) in [5, 5.41) is 12.5. The minimum Gasteiger partial charge on any atom is -0.508 e. The Morgan fingerprint density at radius 3 is 2.27 bits per heavy atom. The van der Waals surface area contributed by atoms with Crippen LogP contribution in [0.5, 0.6) is 11.5 Å². The summed E-state index contributed by atoms with van der Waals surface area (Å²) in [5.74, 6) is -1.39. The van der Waals surface area contributed by atoms with E-state index in [1.54, 1.807) is 13.8 Å². The number of phenols is 1. The van der Waals surface area contributed by atoms with E-state index in [2.05, 4.69) is 10.1 Å². The number of hydrogen-bond acceptors (Lipinski definition) is 6. The number of alkyl halides is 4. The van der Waals surface area contributed by atoms with Gasteiger partial charge in [-0.25, -0.2) is 4.39 Å². The van der Waals surface area contributed by atoms with Gasteiger partial charge in [0.15, 0.2) is 5.78 Å². The third-order valence-corrected chi connectivity index (χ3v) is 6.34. The van der Waals surface area contributed by atoms with E-state index in [0.29, 0.717) is 5.56 Å². The number of nitrogens with one attached hydrogen (secondary N) is 1. The highest BCUT2D eigenvalue weighted by Crippen LogP contribution is 2.60. The molecule has 0 heterocycles. The molecule has 11 heteroatoms. The number of rotatable bonds is 11. The number of anilines is 1. The van der Waals surface area contributed by atoms with E-state index in [1.807, 2.05) is 0 Å². The topological polar surface area (TPSA) is 77.0 Å². The van der Waals surface area contributed by atoms with Crippen LogP contribution in [0.1, 0.15) is 25.2 Å². The fourth-order valence-corrected chi connectivity index (χ4v) is 4.54. The molecule has 0 aromatic heterocycles. The number of halogens is 4. The number of phenolic OH excluding ortho intramolecular Hbond substituents is 1. The average Bonchev–Trinajstić information content (AvgIpc) is 2.67. The first-order valence-corrected chi connectivity index (χ1v) is 11.1. The van der Waals surface area contributed by atoms with Crippen molar-refractivity contribution in [2.24, 2.45) is 0 Å². The van der Waals surface area contributed by atoms with E-state index in [-0.39, 0.29) is 30.4 Å². The molecule has 0 aliphatic carbocycles. The Morgan fingerprint density at radius 2 is 1.73 bits per heavy atom. The first-order valence-electron chi connectivity index (χ1n) is 9.00. The van der Waals surface area contributed by atoms with Crippen molar-refractivity contribution in [2.45, 2.75) is 31.4 Å². The quantitative estimate of drug-likeness (QED) is 0.299. The maximum atomic E-state index is 13.5. The van der Waals surface area contributed by atoms with Gasteiger partial charge in [-0.2, -0.15) is 8.78 Å². The number of ether oxygens (including phenoxy) is 1. The standard InChI is InChI=1S/C19H22ClF3NO5P/c1-3-27-30(26,28-4-2)17(13-8-10-15(25)11-9-13)24-14-6-5-7-16(12-14)29-19(22,23)18(20)21/h5-12,17-18,24-25H,3-4H2,1-2H3. The Labute approximate surface area is 177 Å². The molecule has 0 radical (unpaired) electrons. The Balaban J connectivity index is 2.40. The lowest BCUT2D eigenvalue weighted by atomic mass is 10.2. The molecule has 0 amide bonds. The minimum absolute atomic E-state index is 0.000341. The summed E-state index contributed by atoms with van der Waals surface area (Å²) in [6.45, 7) is 3.48. The van der Waals surface area contributed by atoms with Crippen LogP contribution < -0.4 is 10.1 Å². The van der Waals surface area contributed by atoms with Gasteiger partial charge in [-0.3, -0.25) is 4.57 Å². The van der Waals surface area contributed by atoms with Gasteiger partial charge in [0.05, 0.1) is 13.2 Å². The third kappa shape index (κ3) is 6.28. The second kappa shape index (κ2) is 10.4. The van der Waals surface area contributed by atoms with Gasteiger partial charge in [-0.15, -0.1) is 0 Å². The molecule has 2 rings (SSSR count). The van der Waals surface area contributed by atoms with Crippen LogP contribution in [0.15, 0.2) is 48.5 Å². The van der Waals surface area contributed by atoms with Gasteiger partial charge in [0, 0.05) is 11.8 Å². The fraction of sp³-hybridized carbons (Fsp3) is 0.368. The van der Waals surface area contributed by atoms with E-state index in [1.165, 1.54) is 48.5 Å². The molecule has 2 N–H and O–H groups in total. The molecule has 0 saturated carbocycles. The van der Waals surface area contributed by atoms with Gasteiger partial charge in [0.2, 0.25) is 0 Å². The molecule has 2 aromatic carbocycles. The van der Waals surface area contributed by atoms with Gasteiger partial charge in [-0.1, -0.05) is 29.8 Å². The highest BCUT2D eigenvalue weighted by molar-refractivity contribution is 7.54. The first kappa shape index (κ1) is 24.3. The van der Waals surface area contributed by atoms with Crippen molar-refractivity contribution >= 4 is 24.9 Å². The SMILES string of the molecule is CCOP(=O)(OCC)C(Nc1cccc(OC(F)(F)C(F)Cl)c1)c1ccc(O)cc1. The molecule has 0 aliphatic heterocycles. The van der Waals surface area contributed by atoms with Crippen LogP contribution >= 0.6 is 19.2 Å². The second-order valence-corrected chi connectivity index (χ2v) is 8.50. The Morgan fingerprint density at radius 1 is 1.13 bits per heavy atom. The molecule has 0 bridgehead atoms. The zero-order chi connectivity index (χ0) is 22.4. The Bertz CT molecular complexity index is 860. The monoisotopic (exact) mass is 467 g/mol. The first-order chi connectivity index (χ1) is 14.1. The molecule has 2 atom stereocenters. The van der Waals surface area contributed by atoms with Gasteiger partial charge < -0.3 is 24.2 Å². The van der Waals surface area contributed by atoms with E-state index in [9.17, 15) is 22.8 Å². The van der Waals surface area contributed by atoms with E-state index < -0.39 is 25.1 Å². The smallest absolute Gasteiger partial charge is 0.444 e. The van der Waals surface area contributed by atoms with Crippen LogP contribution in [0, 0.1) is 0 Å². The third-order valence-electron chi connectivity index (χ3n) is 3.79. The molecule has 30 heavy (non-hydrogen) atoms. The summed E-state index contributed by atoms with van der Waals surface area (Å²) in [4.78, 5) is 0. The van der Waals surface area contributed by atoms with Crippen molar-refractivity contribution in [3.8, 4) is 11.5 Å². The van der Waals surface area contributed by atoms with Crippen molar-refractivity contribution < 1.29 is 36.6 Å². The molecule has 2 unspecified atom stereocenters. The van der Waals surface area contributed by atoms with E-state index in [0.717, 1.165) is 0 Å². The Hall–Kier alpha value is -1.93. The minimum atomic E-state index is -4.23. The lowest BCUT2D eigenvalue weighted by Crippen LogP contribution is -2.32. The highest BCUT2D eigenvalue weighted by Gasteiger charge is 2.42. The van der Waals surface area contributed by atoms with E-state index in [4.69, 9.17) is 20.6 Å². The van der Waals surface area contributed by atoms with Crippen molar-refractivity contribution in [3.05, 3.63) is 54.1 Å². The largest absolute Gasteiger partial charge is 0.508 e. The fourth-order valence-electron chi connectivity index (χ4n) is 2.56. The van der Waals surface area contributed by atoms with Crippen LogP contribution in [0.4, 0.5) is 18.9 Å². The van der Waals surface area contributed by atoms with Gasteiger partial charge in [0.25, 0.3) is 5.63 Å². The maximum absolute atomic E-state index is 13.5. The number of hydrogen-bond donors (Lipinski definition) is 2. The maximum Gasteiger partial charge on any atom is 0.444 e.